The molecule has 1 aromatic carbocycles. The van der Waals surface area contributed by atoms with Crippen molar-refractivity contribution in [2.24, 2.45) is 0 Å². The van der Waals surface area contributed by atoms with Crippen molar-refractivity contribution in [3.63, 3.8) is 0 Å². The van der Waals surface area contributed by atoms with E-state index in [1.165, 1.54) is 5.69 Å². The predicted molar refractivity (Wildman–Crippen MR) is 99.1 cm³/mol. The number of rotatable bonds is 6. The van der Waals surface area contributed by atoms with Crippen LogP contribution in [0.15, 0.2) is 63.7 Å². The first-order valence-electron chi connectivity index (χ1n) is 8.94. The second kappa shape index (κ2) is 8.09. The lowest BCUT2D eigenvalue weighted by Gasteiger charge is -2.36. The summed E-state index contributed by atoms with van der Waals surface area (Å²) in [6.07, 6.45) is 1.57. The first kappa shape index (κ1) is 17.4. The molecular formula is C20H21N3O4. The second-order valence-corrected chi connectivity index (χ2v) is 6.36. The molecule has 1 fully saturated rings. The summed E-state index contributed by atoms with van der Waals surface area (Å²) in [7, 11) is 0. The lowest BCUT2D eigenvalue weighted by atomic mass is 10.2. The van der Waals surface area contributed by atoms with Gasteiger partial charge in [-0.25, -0.2) is 0 Å². The first-order chi connectivity index (χ1) is 13.3. The zero-order valence-electron chi connectivity index (χ0n) is 14.9. The van der Waals surface area contributed by atoms with E-state index in [2.05, 4.69) is 22.2 Å². The molecule has 27 heavy (non-hydrogen) atoms. The van der Waals surface area contributed by atoms with Crippen molar-refractivity contribution in [3.05, 3.63) is 60.5 Å². The molecular weight excluding hydrogens is 346 g/mol. The Labute approximate surface area is 157 Å². The van der Waals surface area contributed by atoms with Gasteiger partial charge >= 0.3 is 0 Å². The molecule has 0 radical (unpaired) electrons. The molecule has 1 amide bonds. The number of ether oxygens (including phenoxy) is 1. The molecule has 0 spiro atoms. The van der Waals surface area contributed by atoms with Crippen molar-refractivity contribution >= 4 is 11.6 Å². The summed E-state index contributed by atoms with van der Waals surface area (Å²) in [6, 6.07) is 15.6. The smallest absolute Gasteiger partial charge is 0.248 e. The number of hydrogen-bond donors (Lipinski definition) is 0. The highest BCUT2D eigenvalue weighted by atomic mass is 16.5. The first-order valence-corrected chi connectivity index (χ1v) is 8.94. The zero-order valence-corrected chi connectivity index (χ0v) is 14.9. The lowest BCUT2D eigenvalue weighted by Crippen LogP contribution is -2.49. The van der Waals surface area contributed by atoms with E-state index in [0.29, 0.717) is 30.3 Å². The van der Waals surface area contributed by atoms with E-state index in [1.54, 1.807) is 24.5 Å². The van der Waals surface area contributed by atoms with E-state index in [4.69, 9.17) is 13.7 Å². The molecule has 2 aromatic heterocycles. The van der Waals surface area contributed by atoms with Crippen LogP contribution < -0.4 is 4.90 Å². The highest BCUT2D eigenvalue weighted by Gasteiger charge is 2.21. The van der Waals surface area contributed by atoms with Gasteiger partial charge in [0.15, 0.2) is 5.76 Å². The van der Waals surface area contributed by atoms with Crippen LogP contribution in [0.2, 0.25) is 0 Å². The number of amides is 1. The molecule has 0 bridgehead atoms. The van der Waals surface area contributed by atoms with Crippen molar-refractivity contribution in [3.8, 4) is 11.5 Å². The van der Waals surface area contributed by atoms with Crippen LogP contribution in [0.4, 0.5) is 5.69 Å². The van der Waals surface area contributed by atoms with Crippen LogP contribution >= 0.6 is 0 Å². The largest absolute Gasteiger partial charge is 0.461 e. The standard InChI is InChI=1S/C20H21N3O4/c24-20(23-10-8-22(9-11-23)17-5-2-1-3-6-17)15-25-14-16-13-19(27-21-16)18-7-4-12-26-18/h1-7,12-13H,8-11,14-15H2. The topological polar surface area (TPSA) is 71.9 Å². The summed E-state index contributed by atoms with van der Waals surface area (Å²) >= 11 is 0. The van der Waals surface area contributed by atoms with E-state index >= 15 is 0 Å². The number of aromatic nitrogens is 1. The molecule has 3 aromatic rings. The Kier molecular flexibility index (Phi) is 5.20. The molecule has 0 aliphatic carbocycles. The van der Waals surface area contributed by atoms with Crippen LogP contribution in [-0.2, 0) is 16.1 Å². The van der Waals surface area contributed by atoms with Crippen LogP contribution in [0, 0.1) is 0 Å². The molecule has 7 heteroatoms. The van der Waals surface area contributed by atoms with Crippen molar-refractivity contribution in [2.75, 3.05) is 37.7 Å². The Bertz CT molecular complexity index is 853. The normalized spacial score (nSPS) is 14.5. The summed E-state index contributed by atoms with van der Waals surface area (Å²) in [4.78, 5) is 16.5. The maximum Gasteiger partial charge on any atom is 0.248 e. The SMILES string of the molecule is O=C(COCc1cc(-c2ccco2)on1)N1CCN(c2ccccc2)CC1. The Morgan fingerprint density at radius 1 is 1.04 bits per heavy atom. The Hall–Kier alpha value is -3.06. The lowest BCUT2D eigenvalue weighted by molar-refractivity contribution is -0.136. The van der Waals surface area contributed by atoms with Gasteiger partial charge in [-0.15, -0.1) is 0 Å². The quantitative estimate of drug-likeness (QED) is 0.667. The summed E-state index contributed by atoms with van der Waals surface area (Å²) < 4.78 is 16.0. The minimum atomic E-state index is -0.00235. The van der Waals surface area contributed by atoms with Crippen molar-refractivity contribution in [2.45, 2.75) is 6.61 Å². The Morgan fingerprint density at radius 3 is 2.59 bits per heavy atom. The maximum absolute atomic E-state index is 12.3. The van der Waals surface area contributed by atoms with Gasteiger partial charge in [-0.05, 0) is 24.3 Å². The van der Waals surface area contributed by atoms with Gasteiger partial charge in [0.25, 0.3) is 0 Å². The molecule has 0 saturated carbocycles. The van der Waals surface area contributed by atoms with Gasteiger partial charge in [0, 0.05) is 37.9 Å². The van der Waals surface area contributed by atoms with Gasteiger partial charge in [0.2, 0.25) is 11.7 Å². The summed E-state index contributed by atoms with van der Waals surface area (Å²) in [6.45, 7) is 3.30. The number of piperazine rings is 1. The van der Waals surface area contributed by atoms with Crippen LogP contribution in [0.1, 0.15) is 5.69 Å². The molecule has 7 nitrogen and oxygen atoms in total. The fourth-order valence-corrected chi connectivity index (χ4v) is 3.10. The molecule has 140 valence electrons. The summed E-state index contributed by atoms with van der Waals surface area (Å²) in [5.74, 6) is 1.15. The average molecular weight is 367 g/mol. The highest BCUT2D eigenvalue weighted by Crippen LogP contribution is 2.21. The number of benzene rings is 1. The third-order valence-corrected chi connectivity index (χ3v) is 4.55. The van der Waals surface area contributed by atoms with Crippen molar-refractivity contribution < 1.29 is 18.5 Å². The molecule has 0 unspecified atom stereocenters. The van der Waals surface area contributed by atoms with Gasteiger partial charge in [-0.1, -0.05) is 23.4 Å². The van der Waals surface area contributed by atoms with Gasteiger partial charge in [0.05, 0.1) is 12.9 Å². The molecule has 1 aliphatic heterocycles. The minimum Gasteiger partial charge on any atom is -0.461 e. The highest BCUT2D eigenvalue weighted by molar-refractivity contribution is 5.77. The predicted octanol–water partition coefficient (Wildman–Crippen LogP) is 2.80. The van der Waals surface area contributed by atoms with E-state index in [0.717, 1.165) is 13.1 Å². The number of hydrogen-bond acceptors (Lipinski definition) is 6. The number of furan rings is 1. The molecule has 3 heterocycles. The fourth-order valence-electron chi connectivity index (χ4n) is 3.10. The monoisotopic (exact) mass is 367 g/mol. The summed E-state index contributed by atoms with van der Waals surface area (Å²) in [5, 5.41) is 3.93. The number of carbonyl (C=O) groups is 1. The van der Waals surface area contributed by atoms with E-state index < -0.39 is 0 Å². The fraction of sp³-hybridized carbons (Fsp3) is 0.300. The van der Waals surface area contributed by atoms with Crippen LogP contribution in [0.25, 0.3) is 11.5 Å². The van der Waals surface area contributed by atoms with E-state index in [1.807, 2.05) is 23.1 Å². The number of para-hydroxylation sites is 1. The third kappa shape index (κ3) is 4.20. The van der Waals surface area contributed by atoms with Gasteiger partial charge in [0.1, 0.15) is 12.3 Å². The maximum atomic E-state index is 12.3. The zero-order chi connectivity index (χ0) is 18.5. The van der Waals surface area contributed by atoms with Gasteiger partial charge in [-0.2, -0.15) is 0 Å². The van der Waals surface area contributed by atoms with Crippen molar-refractivity contribution in [1.82, 2.24) is 10.1 Å². The van der Waals surface area contributed by atoms with Gasteiger partial charge in [-0.3, -0.25) is 4.79 Å². The van der Waals surface area contributed by atoms with Crippen LogP contribution in [0.3, 0.4) is 0 Å². The molecule has 0 atom stereocenters. The average Bonchev–Trinajstić information content (AvgIpc) is 3.40. The number of nitrogens with zero attached hydrogens (tertiary/aromatic N) is 3. The van der Waals surface area contributed by atoms with E-state index in [-0.39, 0.29) is 19.1 Å². The Balaban J connectivity index is 1.21. The van der Waals surface area contributed by atoms with E-state index in [9.17, 15) is 4.79 Å². The van der Waals surface area contributed by atoms with Gasteiger partial charge < -0.3 is 23.5 Å². The van der Waals surface area contributed by atoms with Crippen LogP contribution in [-0.4, -0.2) is 48.7 Å². The summed E-state index contributed by atoms with van der Waals surface area (Å²) in [5.41, 5.74) is 1.82. The van der Waals surface area contributed by atoms with Crippen LogP contribution in [0.5, 0.6) is 0 Å². The molecule has 1 aliphatic rings. The second-order valence-electron chi connectivity index (χ2n) is 6.36. The molecule has 4 rings (SSSR count). The molecule has 0 N–H and O–H groups in total. The number of anilines is 1. The third-order valence-electron chi connectivity index (χ3n) is 4.55. The van der Waals surface area contributed by atoms with Crippen molar-refractivity contribution in [1.29, 1.82) is 0 Å². The minimum absolute atomic E-state index is 0.00235. The Morgan fingerprint density at radius 2 is 1.85 bits per heavy atom. The molecule has 1 saturated heterocycles. The number of carbonyl (C=O) groups excluding carboxylic acids is 1.